The molecule has 0 bridgehead atoms. The highest BCUT2D eigenvalue weighted by atomic mass is 32.1. The molecule has 20 heavy (non-hydrogen) atoms. The van der Waals surface area contributed by atoms with Crippen LogP contribution in [0.4, 0.5) is 5.82 Å². The molecule has 1 aromatic heterocycles. The first kappa shape index (κ1) is 14.3. The minimum atomic E-state index is 0.0842. The van der Waals surface area contributed by atoms with E-state index in [4.69, 9.17) is 12.2 Å². The summed E-state index contributed by atoms with van der Waals surface area (Å²) >= 11 is 5.15. The second-order valence-corrected chi connectivity index (χ2v) is 4.75. The van der Waals surface area contributed by atoms with E-state index in [0.29, 0.717) is 10.9 Å². The lowest BCUT2D eigenvalue weighted by Gasteiger charge is -2.10. The zero-order chi connectivity index (χ0) is 14.2. The van der Waals surface area contributed by atoms with Crippen molar-refractivity contribution < 1.29 is 5.11 Å². The average Bonchev–Trinajstić information content (AvgIpc) is 2.47. The summed E-state index contributed by atoms with van der Waals surface area (Å²) in [6, 6.07) is 13.5. The molecule has 5 heteroatoms. The van der Waals surface area contributed by atoms with Gasteiger partial charge in [-0.1, -0.05) is 30.3 Å². The Morgan fingerprint density at radius 2 is 1.95 bits per heavy atom. The van der Waals surface area contributed by atoms with Crippen molar-refractivity contribution >= 4 is 23.1 Å². The van der Waals surface area contributed by atoms with Crippen molar-refractivity contribution in [3.05, 3.63) is 54.2 Å². The monoisotopic (exact) mass is 287 g/mol. The van der Waals surface area contributed by atoms with Crippen molar-refractivity contribution in [3.8, 4) is 5.75 Å². The maximum absolute atomic E-state index is 9.57. The van der Waals surface area contributed by atoms with E-state index in [2.05, 4.69) is 27.8 Å². The highest BCUT2D eigenvalue weighted by Gasteiger charge is 2.03. The van der Waals surface area contributed by atoms with Crippen LogP contribution in [-0.4, -0.2) is 21.7 Å². The first-order valence-electron chi connectivity index (χ1n) is 6.48. The third-order valence-corrected chi connectivity index (χ3v) is 3.04. The molecule has 0 aliphatic heterocycles. The van der Waals surface area contributed by atoms with Crippen LogP contribution in [0.5, 0.6) is 5.75 Å². The number of nitrogens with zero attached hydrogens (tertiary/aromatic N) is 1. The van der Waals surface area contributed by atoms with E-state index in [0.717, 1.165) is 19.4 Å². The number of thiocarbonyl (C=S) groups is 1. The van der Waals surface area contributed by atoms with Crippen molar-refractivity contribution in [2.75, 3.05) is 11.9 Å². The second kappa shape index (κ2) is 7.45. The predicted molar refractivity (Wildman–Crippen MR) is 84.9 cm³/mol. The lowest BCUT2D eigenvalue weighted by molar-refractivity contribution is 0.475. The smallest absolute Gasteiger partial charge is 0.174 e. The molecular weight excluding hydrogens is 270 g/mol. The van der Waals surface area contributed by atoms with Gasteiger partial charge in [-0.15, -0.1) is 0 Å². The first-order chi connectivity index (χ1) is 9.75. The quantitative estimate of drug-likeness (QED) is 0.583. The minimum Gasteiger partial charge on any atom is -0.504 e. The summed E-state index contributed by atoms with van der Waals surface area (Å²) in [7, 11) is 0. The van der Waals surface area contributed by atoms with Crippen molar-refractivity contribution in [2.24, 2.45) is 0 Å². The average molecular weight is 287 g/mol. The zero-order valence-electron chi connectivity index (χ0n) is 11.0. The number of rotatable bonds is 5. The van der Waals surface area contributed by atoms with Crippen LogP contribution >= 0.6 is 12.2 Å². The fourth-order valence-corrected chi connectivity index (χ4v) is 1.98. The van der Waals surface area contributed by atoms with Crippen molar-refractivity contribution in [1.29, 1.82) is 0 Å². The van der Waals surface area contributed by atoms with E-state index in [1.807, 2.05) is 18.2 Å². The number of pyridine rings is 1. The molecule has 0 fully saturated rings. The predicted octanol–water partition coefficient (Wildman–Crippen LogP) is 2.71. The van der Waals surface area contributed by atoms with Crippen LogP contribution < -0.4 is 10.6 Å². The van der Waals surface area contributed by atoms with Gasteiger partial charge in [-0.05, 0) is 42.8 Å². The van der Waals surface area contributed by atoms with Crippen molar-refractivity contribution in [1.82, 2.24) is 10.3 Å². The Morgan fingerprint density at radius 3 is 2.70 bits per heavy atom. The fraction of sp³-hybridized carbons (Fsp3) is 0.200. The number of hydrogen-bond acceptors (Lipinski definition) is 3. The molecule has 1 aromatic carbocycles. The first-order valence-corrected chi connectivity index (χ1v) is 6.89. The van der Waals surface area contributed by atoms with Gasteiger partial charge in [0.15, 0.2) is 16.7 Å². The number of anilines is 1. The molecule has 0 saturated carbocycles. The van der Waals surface area contributed by atoms with Gasteiger partial charge < -0.3 is 15.7 Å². The standard InChI is InChI=1S/C15H17N3OS/c19-13-9-5-10-16-14(13)18-15(20)17-11-4-8-12-6-2-1-3-7-12/h1-3,5-7,9-10,19H,4,8,11H2,(H2,16,17,18,20). The number of aryl methyl sites for hydroxylation is 1. The van der Waals surface area contributed by atoms with Crippen molar-refractivity contribution in [3.63, 3.8) is 0 Å². The normalized spacial score (nSPS) is 10.0. The number of hydrogen-bond donors (Lipinski definition) is 3. The summed E-state index contributed by atoms with van der Waals surface area (Å²) in [5.74, 6) is 0.453. The molecule has 0 saturated heterocycles. The highest BCUT2D eigenvalue weighted by molar-refractivity contribution is 7.80. The molecule has 0 aliphatic rings. The molecule has 3 N–H and O–H groups in total. The van der Waals surface area contributed by atoms with Crippen LogP contribution in [0, 0.1) is 0 Å². The Hall–Kier alpha value is -2.14. The topological polar surface area (TPSA) is 57.2 Å². The lowest BCUT2D eigenvalue weighted by Crippen LogP contribution is -2.29. The van der Waals surface area contributed by atoms with Crippen LogP contribution in [0.1, 0.15) is 12.0 Å². The minimum absolute atomic E-state index is 0.0842. The molecule has 0 amide bonds. The molecule has 4 nitrogen and oxygen atoms in total. The second-order valence-electron chi connectivity index (χ2n) is 4.34. The molecule has 104 valence electrons. The van der Waals surface area contributed by atoms with E-state index in [9.17, 15) is 5.11 Å². The van der Waals surface area contributed by atoms with Gasteiger partial charge in [-0.3, -0.25) is 0 Å². The van der Waals surface area contributed by atoms with E-state index in [-0.39, 0.29) is 5.75 Å². The number of benzene rings is 1. The summed E-state index contributed by atoms with van der Waals surface area (Å²) in [5, 5.41) is 16.0. The van der Waals surface area contributed by atoms with Crippen LogP contribution in [-0.2, 0) is 6.42 Å². The number of aromatic nitrogens is 1. The Balaban J connectivity index is 1.69. The van der Waals surface area contributed by atoms with Crippen LogP contribution in [0.3, 0.4) is 0 Å². The molecule has 0 atom stereocenters. The Bertz CT molecular complexity index is 560. The molecule has 2 aromatic rings. The van der Waals surface area contributed by atoms with E-state index in [1.54, 1.807) is 18.3 Å². The van der Waals surface area contributed by atoms with Gasteiger partial charge in [0.1, 0.15) is 0 Å². The maximum atomic E-state index is 9.57. The SMILES string of the molecule is Oc1cccnc1NC(=S)NCCCc1ccccc1. The summed E-state index contributed by atoms with van der Waals surface area (Å²) in [6.07, 6.45) is 3.59. The highest BCUT2D eigenvalue weighted by Crippen LogP contribution is 2.17. The summed E-state index contributed by atoms with van der Waals surface area (Å²) < 4.78 is 0. The molecule has 0 spiro atoms. The molecule has 0 aliphatic carbocycles. The lowest BCUT2D eigenvalue weighted by atomic mass is 10.1. The van der Waals surface area contributed by atoms with E-state index in [1.165, 1.54) is 5.56 Å². The van der Waals surface area contributed by atoms with E-state index < -0.39 is 0 Å². The largest absolute Gasteiger partial charge is 0.504 e. The maximum Gasteiger partial charge on any atom is 0.174 e. The molecule has 0 radical (unpaired) electrons. The summed E-state index contributed by atoms with van der Waals surface area (Å²) in [6.45, 7) is 0.772. The van der Waals surface area contributed by atoms with Gasteiger partial charge in [-0.25, -0.2) is 4.98 Å². The van der Waals surface area contributed by atoms with Gasteiger partial charge in [0.2, 0.25) is 0 Å². The third-order valence-electron chi connectivity index (χ3n) is 2.79. The van der Waals surface area contributed by atoms with Gasteiger partial charge in [-0.2, -0.15) is 0 Å². The van der Waals surface area contributed by atoms with Crippen LogP contribution in [0.15, 0.2) is 48.7 Å². The third kappa shape index (κ3) is 4.51. The zero-order valence-corrected chi connectivity index (χ0v) is 11.9. The Morgan fingerprint density at radius 1 is 1.15 bits per heavy atom. The van der Waals surface area contributed by atoms with Crippen LogP contribution in [0.25, 0.3) is 0 Å². The Labute approximate surface area is 123 Å². The van der Waals surface area contributed by atoms with Gasteiger partial charge in [0.25, 0.3) is 0 Å². The van der Waals surface area contributed by atoms with Crippen LogP contribution in [0.2, 0.25) is 0 Å². The van der Waals surface area contributed by atoms with Crippen molar-refractivity contribution in [2.45, 2.75) is 12.8 Å². The van der Waals surface area contributed by atoms with Gasteiger partial charge >= 0.3 is 0 Å². The van der Waals surface area contributed by atoms with Gasteiger partial charge in [0, 0.05) is 12.7 Å². The molecule has 2 rings (SSSR count). The number of nitrogens with one attached hydrogen (secondary N) is 2. The van der Waals surface area contributed by atoms with E-state index >= 15 is 0 Å². The number of aromatic hydroxyl groups is 1. The fourth-order valence-electron chi connectivity index (χ4n) is 1.78. The molecular formula is C15H17N3OS. The summed E-state index contributed by atoms with van der Waals surface area (Å²) in [5.41, 5.74) is 1.32. The summed E-state index contributed by atoms with van der Waals surface area (Å²) in [4.78, 5) is 4.01. The molecule has 1 heterocycles. The molecule has 0 unspecified atom stereocenters. The van der Waals surface area contributed by atoms with Gasteiger partial charge in [0.05, 0.1) is 0 Å². The Kier molecular flexibility index (Phi) is 5.32.